The molecule has 2 aromatic rings. The summed E-state index contributed by atoms with van der Waals surface area (Å²) in [5.41, 5.74) is 0.201. The van der Waals surface area contributed by atoms with Gasteiger partial charge in [-0.15, -0.1) is 0 Å². The maximum absolute atomic E-state index is 12.5. The molecule has 1 aliphatic rings. The van der Waals surface area contributed by atoms with E-state index in [1.807, 2.05) is 0 Å². The number of alkyl halides is 2. The SMILES string of the molecule is CNc1cc(C(=O)NC2(C)CS(=O)(=O)C2)cnc1C(=N)c1cccc(OC(F)F)c1. The first-order valence-electron chi connectivity index (χ1n) is 8.87. The van der Waals surface area contributed by atoms with Crippen LogP contribution in [0.2, 0.25) is 0 Å². The average molecular weight is 438 g/mol. The summed E-state index contributed by atoms with van der Waals surface area (Å²) in [5.74, 6) is -0.824. The summed E-state index contributed by atoms with van der Waals surface area (Å²) in [6.07, 6.45) is 1.27. The maximum Gasteiger partial charge on any atom is 0.387 e. The van der Waals surface area contributed by atoms with E-state index in [2.05, 4.69) is 20.4 Å². The van der Waals surface area contributed by atoms with Crippen LogP contribution in [0, 0.1) is 5.41 Å². The number of nitrogens with zero attached hydrogens (tertiary/aromatic N) is 1. The van der Waals surface area contributed by atoms with Crippen LogP contribution in [-0.4, -0.2) is 55.7 Å². The van der Waals surface area contributed by atoms with Gasteiger partial charge in [-0.3, -0.25) is 15.2 Å². The van der Waals surface area contributed by atoms with Crippen molar-refractivity contribution in [1.82, 2.24) is 10.3 Å². The molecule has 8 nitrogen and oxygen atoms in total. The Kier molecular flexibility index (Phi) is 5.75. The van der Waals surface area contributed by atoms with Gasteiger partial charge in [0.05, 0.1) is 34.0 Å². The maximum atomic E-state index is 12.5. The Morgan fingerprint density at radius 1 is 1.27 bits per heavy atom. The zero-order valence-electron chi connectivity index (χ0n) is 16.2. The van der Waals surface area contributed by atoms with Crippen molar-refractivity contribution in [3.8, 4) is 5.75 Å². The fraction of sp³-hybridized carbons (Fsp3) is 0.316. The standard InChI is InChI=1S/C19H20F2N4O4S/c1-19(9-30(27,28)10-19)25-17(26)12-7-14(23-2)16(24-8-12)15(22)11-4-3-5-13(6-11)29-18(20)21/h3-8,18,22-23H,9-10H2,1-2H3,(H,25,26). The van der Waals surface area contributed by atoms with Crippen molar-refractivity contribution in [2.24, 2.45) is 0 Å². The highest BCUT2D eigenvalue weighted by atomic mass is 32.2. The molecule has 3 rings (SSSR count). The van der Waals surface area contributed by atoms with E-state index in [1.54, 1.807) is 20.0 Å². The van der Waals surface area contributed by atoms with E-state index >= 15 is 0 Å². The summed E-state index contributed by atoms with van der Waals surface area (Å²) >= 11 is 0. The Morgan fingerprint density at radius 3 is 2.57 bits per heavy atom. The van der Waals surface area contributed by atoms with Crippen LogP contribution < -0.4 is 15.4 Å². The molecule has 160 valence electrons. The molecular weight excluding hydrogens is 418 g/mol. The van der Waals surface area contributed by atoms with Crippen molar-refractivity contribution in [2.75, 3.05) is 23.9 Å². The Balaban J connectivity index is 1.82. The van der Waals surface area contributed by atoms with E-state index in [1.165, 1.54) is 30.5 Å². The van der Waals surface area contributed by atoms with Gasteiger partial charge in [-0.25, -0.2) is 8.42 Å². The van der Waals surface area contributed by atoms with Gasteiger partial charge < -0.3 is 15.4 Å². The predicted molar refractivity (Wildman–Crippen MR) is 107 cm³/mol. The van der Waals surface area contributed by atoms with Crippen molar-refractivity contribution in [3.05, 3.63) is 53.3 Å². The molecule has 1 amide bonds. The fourth-order valence-corrected chi connectivity index (χ4v) is 5.29. The first kappa shape index (κ1) is 21.6. The summed E-state index contributed by atoms with van der Waals surface area (Å²) in [5, 5.41) is 13.9. The van der Waals surface area contributed by atoms with Crippen molar-refractivity contribution in [2.45, 2.75) is 19.1 Å². The van der Waals surface area contributed by atoms with E-state index in [0.717, 1.165) is 0 Å². The van der Waals surface area contributed by atoms with Gasteiger partial charge in [-0.1, -0.05) is 12.1 Å². The van der Waals surface area contributed by atoms with E-state index in [0.29, 0.717) is 11.3 Å². The van der Waals surface area contributed by atoms with Crippen LogP contribution >= 0.6 is 0 Å². The smallest absolute Gasteiger partial charge is 0.387 e. The fourth-order valence-electron chi connectivity index (χ4n) is 3.29. The molecule has 0 bridgehead atoms. The third kappa shape index (κ3) is 4.73. The van der Waals surface area contributed by atoms with E-state index in [4.69, 9.17) is 5.41 Å². The predicted octanol–water partition coefficient (Wildman–Crippen LogP) is 2.06. The molecule has 2 heterocycles. The number of aromatic nitrogens is 1. The number of amides is 1. The van der Waals surface area contributed by atoms with Crippen LogP contribution in [0.25, 0.3) is 0 Å². The van der Waals surface area contributed by atoms with Gasteiger partial charge in [0.2, 0.25) is 0 Å². The lowest BCUT2D eigenvalue weighted by Gasteiger charge is -2.38. The number of pyridine rings is 1. The number of carbonyl (C=O) groups is 1. The van der Waals surface area contributed by atoms with Gasteiger partial charge in [0.15, 0.2) is 9.84 Å². The van der Waals surface area contributed by atoms with E-state index < -0.39 is 27.9 Å². The summed E-state index contributed by atoms with van der Waals surface area (Å²) in [4.78, 5) is 16.7. The van der Waals surface area contributed by atoms with Gasteiger partial charge in [-0.05, 0) is 25.1 Å². The van der Waals surface area contributed by atoms with E-state index in [9.17, 15) is 22.0 Å². The molecule has 11 heteroatoms. The number of ether oxygens (including phenoxy) is 1. The molecule has 1 aromatic carbocycles. The number of nitrogens with one attached hydrogen (secondary N) is 3. The summed E-state index contributed by atoms with van der Waals surface area (Å²) < 4.78 is 52.1. The van der Waals surface area contributed by atoms with Crippen LogP contribution in [0.1, 0.15) is 28.5 Å². The molecule has 0 spiro atoms. The second-order valence-electron chi connectivity index (χ2n) is 7.20. The Morgan fingerprint density at radius 2 is 1.97 bits per heavy atom. The highest BCUT2D eigenvalue weighted by Gasteiger charge is 2.45. The molecule has 30 heavy (non-hydrogen) atoms. The number of anilines is 1. The van der Waals surface area contributed by atoms with Crippen molar-refractivity contribution >= 4 is 27.1 Å². The molecule has 0 unspecified atom stereocenters. The number of rotatable bonds is 7. The molecule has 1 saturated heterocycles. The lowest BCUT2D eigenvalue weighted by molar-refractivity contribution is -0.0498. The van der Waals surface area contributed by atoms with Crippen LogP contribution in [0.4, 0.5) is 14.5 Å². The van der Waals surface area contributed by atoms with Crippen molar-refractivity contribution in [3.63, 3.8) is 0 Å². The zero-order chi connectivity index (χ0) is 22.1. The van der Waals surface area contributed by atoms with E-state index in [-0.39, 0.29) is 34.2 Å². The monoisotopic (exact) mass is 438 g/mol. The molecule has 0 atom stereocenters. The van der Waals surface area contributed by atoms with Crippen molar-refractivity contribution in [1.29, 1.82) is 5.41 Å². The van der Waals surface area contributed by atoms with Gasteiger partial charge in [0.1, 0.15) is 11.4 Å². The molecule has 0 radical (unpaired) electrons. The molecule has 1 aromatic heterocycles. The third-order valence-electron chi connectivity index (χ3n) is 4.50. The normalized spacial score (nSPS) is 16.4. The molecular formula is C19H20F2N4O4S. The van der Waals surface area contributed by atoms with Gasteiger partial charge >= 0.3 is 6.61 Å². The first-order valence-corrected chi connectivity index (χ1v) is 10.7. The number of hydrogen-bond acceptors (Lipinski definition) is 7. The zero-order valence-corrected chi connectivity index (χ0v) is 17.0. The largest absolute Gasteiger partial charge is 0.435 e. The summed E-state index contributed by atoms with van der Waals surface area (Å²) in [6, 6.07) is 7.18. The number of benzene rings is 1. The average Bonchev–Trinajstić information content (AvgIpc) is 2.64. The minimum Gasteiger partial charge on any atom is -0.435 e. The number of halogens is 2. The minimum atomic E-state index is -3.12. The molecule has 0 aliphatic carbocycles. The Bertz CT molecular complexity index is 1090. The van der Waals surface area contributed by atoms with Crippen LogP contribution in [0.15, 0.2) is 36.5 Å². The number of hydrogen-bond donors (Lipinski definition) is 3. The van der Waals surface area contributed by atoms with Gasteiger partial charge in [0.25, 0.3) is 5.91 Å². The molecule has 1 fully saturated rings. The molecule has 1 aliphatic heterocycles. The number of carbonyl (C=O) groups excluding carboxylic acids is 1. The second-order valence-corrected chi connectivity index (χ2v) is 9.26. The number of sulfone groups is 1. The highest BCUT2D eigenvalue weighted by molar-refractivity contribution is 7.93. The Hall–Kier alpha value is -3.08. The first-order chi connectivity index (χ1) is 14.0. The highest BCUT2D eigenvalue weighted by Crippen LogP contribution is 2.25. The van der Waals surface area contributed by atoms with Crippen LogP contribution in [-0.2, 0) is 9.84 Å². The summed E-state index contributed by atoms with van der Waals surface area (Å²) in [7, 11) is -1.53. The van der Waals surface area contributed by atoms with Gasteiger partial charge in [-0.2, -0.15) is 8.78 Å². The van der Waals surface area contributed by atoms with Crippen molar-refractivity contribution < 1.29 is 26.7 Å². The topological polar surface area (TPSA) is 121 Å². The van der Waals surface area contributed by atoms with Crippen LogP contribution in [0.5, 0.6) is 5.75 Å². The quantitative estimate of drug-likeness (QED) is 0.569. The third-order valence-corrected chi connectivity index (χ3v) is 6.65. The molecule has 3 N–H and O–H groups in total. The lowest BCUT2D eigenvalue weighted by Crippen LogP contribution is -2.63. The summed E-state index contributed by atoms with van der Waals surface area (Å²) in [6.45, 7) is -1.33. The molecule has 0 saturated carbocycles. The minimum absolute atomic E-state index is 0.0527. The second kappa shape index (κ2) is 7.98. The lowest BCUT2D eigenvalue weighted by atomic mass is 10.0. The Labute approximate surface area is 172 Å². The van der Waals surface area contributed by atoms with Gasteiger partial charge in [0, 0.05) is 18.8 Å². The van der Waals surface area contributed by atoms with Crippen LogP contribution in [0.3, 0.4) is 0 Å².